The second kappa shape index (κ2) is 12.2. The minimum atomic E-state index is -4.70. The molecule has 1 N–H and O–H groups in total. The molecule has 0 bridgehead atoms. The van der Waals surface area contributed by atoms with Crippen molar-refractivity contribution in [3.05, 3.63) is 87.4 Å². The first-order valence-electron chi connectivity index (χ1n) is 14.2. The molecule has 2 heterocycles. The predicted octanol–water partition coefficient (Wildman–Crippen LogP) is 6.61. The van der Waals surface area contributed by atoms with Gasteiger partial charge >= 0.3 is 6.18 Å². The number of piperidine rings is 1. The third kappa shape index (κ3) is 6.39. The Labute approximate surface area is 248 Å². The zero-order valence-electron chi connectivity index (χ0n) is 23.6. The molecule has 224 valence electrons. The molecule has 2 aliphatic rings. The number of halogens is 5. The molecular weight excluding hydrogens is 570 g/mol. The molecule has 1 saturated carbocycles. The van der Waals surface area contributed by atoms with Crippen LogP contribution in [0.3, 0.4) is 0 Å². The Morgan fingerprint density at radius 3 is 2.43 bits per heavy atom. The Hall–Kier alpha value is -3.24. The van der Waals surface area contributed by atoms with Gasteiger partial charge in [0, 0.05) is 36.3 Å². The van der Waals surface area contributed by atoms with Gasteiger partial charge in [-0.25, -0.2) is 14.4 Å². The molecule has 5 rings (SSSR count). The van der Waals surface area contributed by atoms with Gasteiger partial charge in [-0.2, -0.15) is 13.2 Å². The van der Waals surface area contributed by atoms with Crippen LogP contribution in [0.2, 0.25) is 5.02 Å². The van der Waals surface area contributed by atoms with Crippen LogP contribution in [0.4, 0.5) is 23.5 Å². The lowest BCUT2D eigenvalue weighted by molar-refractivity contribution is -0.137. The first kappa shape index (κ1) is 30.2. The normalized spacial score (nSPS) is 17.8. The van der Waals surface area contributed by atoms with Crippen LogP contribution in [0.1, 0.15) is 71.3 Å². The van der Waals surface area contributed by atoms with Crippen molar-refractivity contribution in [1.82, 2.24) is 20.2 Å². The molecule has 0 unspecified atom stereocenters. The summed E-state index contributed by atoms with van der Waals surface area (Å²) in [6.45, 7) is 1.64. The number of alkyl halides is 3. The summed E-state index contributed by atoms with van der Waals surface area (Å²) in [7, 11) is 4.07. The largest absolute Gasteiger partial charge is 0.416 e. The summed E-state index contributed by atoms with van der Waals surface area (Å²) in [6, 6.07) is 10.1. The van der Waals surface area contributed by atoms with Gasteiger partial charge in [0.2, 0.25) is 5.95 Å². The average Bonchev–Trinajstić information content (AvgIpc) is 3.46. The molecular formula is C31H34ClF4N5O. The summed E-state index contributed by atoms with van der Waals surface area (Å²) in [6.07, 6.45) is 2.15. The lowest BCUT2D eigenvalue weighted by Gasteiger charge is -2.36. The van der Waals surface area contributed by atoms with E-state index in [2.05, 4.69) is 27.1 Å². The van der Waals surface area contributed by atoms with E-state index in [1.807, 2.05) is 31.3 Å². The fourth-order valence-electron chi connectivity index (χ4n) is 6.22. The van der Waals surface area contributed by atoms with Gasteiger partial charge in [-0.3, -0.25) is 4.79 Å². The molecule has 1 aliphatic heterocycles. The second-order valence-corrected chi connectivity index (χ2v) is 11.8. The Morgan fingerprint density at radius 2 is 1.79 bits per heavy atom. The number of likely N-dealkylation sites (tertiary alicyclic amines) is 1. The molecule has 11 heteroatoms. The topological polar surface area (TPSA) is 61.4 Å². The van der Waals surface area contributed by atoms with Gasteiger partial charge < -0.3 is 15.1 Å². The van der Waals surface area contributed by atoms with Gasteiger partial charge in [-0.05, 0) is 87.3 Å². The Bertz CT molecular complexity index is 1420. The monoisotopic (exact) mass is 603 g/mol. The number of hydrogen-bond acceptors (Lipinski definition) is 5. The van der Waals surface area contributed by atoms with E-state index in [1.165, 1.54) is 6.20 Å². The lowest BCUT2D eigenvalue weighted by atomic mass is 9.74. The van der Waals surface area contributed by atoms with Crippen LogP contribution in [0, 0.1) is 5.82 Å². The fourth-order valence-corrected chi connectivity index (χ4v) is 6.35. The molecule has 1 amide bonds. The lowest BCUT2D eigenvalue weighted by Crippen LogP contribution is -2.43. The summed E-state index contributed by atoms with van der Waals surface area (Å²) < 4.78 is 53.7. The minimum Gasteiger partial charge on any atom is -0.348 e. The quantitative estimate of drug-likeness (QED) is 0.308. The third-order valence-electron chi connectivity index (χ3n) is 8.62. The standard InChI is InChI=1S/C31H34ClF4N5O/c1-40-13-9-25(10-14-40)41(2)29-38-19-26(28(42)37-18-20-15-22(31(34,35)36)17-24(33)16-20)27(39-29)30(11-3-4-12-30)21-5-7-23(32)8-6-21/h5-8,15-17,19,25H,3-4,9-14,18H2,1-2H3,(H,37,42). The SMILES string of the molecule is CN1CCC(N(C)c2ncc(C(=O)NCc3cc(F)cc(C(F)(F)F)c3)c(C3(c4ccc(Cl)cc4)CCCC3)n2)CC1. The maximum absolute atomic E-state index is 14.0. The predicted molar refractivity (Wildman–Crippen MR) is 154 cm³/mol. The van der Waals surface area contributed by atoms with Gasteiger partial charge in [0.1, 0.15) is 5.82 Å². The van der Waals surface area contributed by atoms with Crippen molar-refractivity contribution in [3.8, 4) is 0 Å². The maximum Gasteiger partial charge on any atom is 0.416 e. The van der Waals surface area contributed by atoms with Crippen LogP contribution < -0.4 is 10.2 Å². The summed E-state index contributed by atoms with van der Waals surface area (Å²) in [4.78, 5) is 27.7. The van der Waals surface area contributed by atoms with Crippen LogP contribution >= 0.6 is 11.6 Å². The van der Waals surface area contributed by atoms with E-state index in [1.54, 1.807) is 0 Å². The number of nitrogens with zero attached hydrogens (tertiary/aromatic N) is 4. The maximum atomic E-state index is 14.0. The number of anilines is 1. The molecule has 0 radical (unpaired) electrons. The molecule has 2 aromatic carbocycles. The molecule has 6 nitrogen and oxygen atoms in total. The minimum absolute atomic E-state index is 0.00467. The van der Waals surface area contributed by atoms with E-state index in [0.717, 1.165) is 69.3 Å². The Kier molecular flexibility index (Phi) is 8.76. The third-order valence-corrected chi connectivity index (χ3v) is 8.87. The summed E-state index contributed by atoms with van der Waals surface area (Å²) in [5, 5.41) is 3.29. The van der Waals surface area contributed by atoms with Crippen molar-refractivity contribution in [3.63, 3.8) is 0 Å². The molecule has 3 aromatic rings. The highest BCUT2D eigenvalue weighted by Crippen LogP contribution is 2.47. The van der Waals surface area contributed by atoms with Gasteiger partial charge in [0.15, 0.2) is 0 Å². The zero-order chi connectivity index (χ0) is 30.1. The smallest absolute Gasteiger partial charge is 0.348 e. The van der Waals surface area contributed by atoms with E-state index in [-0.39, 0.29) is 23.7 Å². The van der Waals surface area contributed by atoms with E-state index in [0.29, 0.717) is 22.7 Å². The molecule has 1 saturated heterocycles. The highest BCUT2D eigenvalue weighted by Gasteiger charge is 2.42. The van der Waals surface area contributed by atoms with Crippen LogP contribution in [-0.2, 0) is 18.1 Å². The first-order valence-corrected chi connectivity index (χ1v) is 14.5. The second-order valence-electron chi connectivity index (χ2n) is 11.4. The molecule has 1 aromatic heterocycles. The van der Waals surface area contributed by atoms with Gasteiger partial charge in [-0.15, -0.1) is 0 Å². The van der Waals surface area contributed by atoms with Crippen molar-refractivity contribution in [2.45, 2.75) is 62.7 Å². The van der Waals surface area contributed by atoms with Crippen LogP contribution in [-0.4, -0.2) is 54.0 Å². The number of rotatable bonds is 7. The van der Waals surface area contributed by atoms with Gasteiger partial charge in [0.25, 0.3) is 5.91 Å². The molecule has 0 spiro atoms. The highest BCUT2D eigenvalue weighted by atomic mass is 35.5. The first-order chi connectivity index (χ1) is 20.0. The summed E-state index contributed by atoms with van der Waals surface area (Å²) >= 11 is 6.21. The van der Waals surface area contributed by atoms with Gasteiger partial charge in [-0.1, -0.05) is 36.6 Å². The van der Waals surface area contributed by atoms with Crippen LogP contribution in [0.25, 0.3) is 0 Å². The van der Waals surface area contributed by atoms with Crippen LogP contribution in [0.15, 0.2) is 48.7 Å². The van der Waals surface area contributed by atoms with Crippen molar-refractivity contribution in [2.24, 2.45) is 0 Å². The molecule has 0 atom stereocenters. The number of carbonyl (C=O) groups excluding carboxylic acids is 1. The zero-order valence-corrected chi connectivity index (χ0v) is 24.4. The van der Waals surface area contributed by atoms with Gasteiger partial charge in [0.05, 0.1) is 16.8 Å². The molecule has 42 heavy (non-hydrogen) atoms. The van der Waals surface area contributed by atoms with E-state index in [9.17, 15) is 22.4 Å². The number of amides is 1. The van der Waals surface area contributed by atoms with Crippen molar-refractivity contribution in [2.75, 3.05) is 32.1 Å². The fraction of sp³-hybridized carbons (Fsp3) is 0.452. The average molecular weight is 604 g/mol. The Balaban J connectivity index is 1.51. The number of nitrogens with one attached hydrogen (secondary N) is 1. The van der Waals surface area contributed by atoms with Crippen molar-refractivity contribution in [1.29, 1.82) is 0 Å². The number of benzene rings is 2. The highest BCUT2D eigenvalue weighted by molar-refractivity contribution is 6.30. The van der Waals surface area contributed by atoms with E-state index < -0.39 is 28.9 Å². The number of aromatic nitrogens is 2. The van der Waals surface area contributed by atoms with E-state index >= 15 is 0 Å². The Morgan fingerprint density at radius 1 is 1.12 bits per heavy atom. The molecule has 1 aliphatic carbocycles. The van der Waals surface area contributed by atoms with Crippen LogP contribution in [0.5, 0.6) is 0 Å². The van der Waals surface area contributed by atoms with E-state index in [4.69, 9.17) is 16.6 Å². The van der Waals surface area contributed by atoms with Crippen molar-refractivity contribution < 1.29 is 22.4 Å². The summed E-state index contributed by atoms with van der Waals surface area (Å²) in [5.41, 5.74) is 0.157. The molecule has 2 fully saturated rings. The number of carbonyl (C=O) groups is 1. The summed E-state index contributed by atoms with van der Waals surface area (Å²) in [5.74, 6) is -1.03. The van der Waals surface area contributed by atoms with Crippen molar-refractivity contribution >= 4 is 23.5 Å². The number of hydrogen-bond donors (Lipinski definition) is 1.